The SMILES string of the molecule is CCOC(=O)C1=NN(c2ccccc2)C(C(=O)Oc2ccc(OC)cc2[N+](=O)[O-])C1. The highest BCUT2D eigenvalue weighted by Crippen LogP contribution is 2.33. The second-order valence-corrected chi connectivity index (χ2v) is 6.18. The van der Waals surface area contributed by atoms with E-state index in [1.807, 2.05) is 0 Å². The monoisotopic (exact) mass is 413 g/mol. The first kappa shape index (κ1) is 20.8. The first-order valence-corrected chi connectivity index (χ1v) is 9.07. The second kappa shape index (κ2) is 9.03. The summed E-state index contributed by atoms with van der Waals surface area (Å²) < 4.78 is 15.3. The first-order valence-electron chi connectivity index (χ1n) is 9.07. The van der Waals surface area contributed by atoms with E-state index in [2.05, 4.69) is 5.10 Å². The molecule has 0 saturated heterocycles. The molecule has 3 rings (SSSR count). The molecule has 0 N–H and O–H groups in total. The number of ether oxygens (including phenoxy) is 3. The van der Waals surface area contributed by atoms with Gasteiger partial charge in [0.25, 0.3) is 0 Å². The highest BCUT2D eigenvalue weighted by molar-refractivity contribution is 6.38. The quantitative estimate of drug-likeness (QED) is 0.294. The molecule has 0 bridgehead atoms. The zero-order chi connectivity index (χ0) is 21.7. The Balaban J connectivity index is 1.89. The fraction of sp³-hybridized carbons (Fsp3) is 0.250. The third-order valence-corrected chi connectivity index (χ3v) is 4.29. The molecule has 2 aromatic carbocycles. The Morgan fingerprint density at radius 2 is 1.97 bits per heavy atom. The number of rotatable bonds is 7. The molecule has 1 aliphatic heterocycles. The van der Waals surface area contributed by atoms with Crippen LogP contribution in [0.5, 0.6) is 11.5 Å². The topological polar surface area (TPSA) is 121 Å². The van der Waals surface area contributed by atoms with Crippen molar-refractivity contribution in [1.82, 2.24) is 0 Å². The highest BCUT2D eigenvalue weighted by Gasteiger charge is 2.39. The van der Waals surface area contributed by atoms with Crippen LogP contribution in [-0.4, -0.2) is 42.3 Å². The fourth-order valence-corrected chi connectivity index (χ4v) is 2.88. The molecule has 1 aliphatic rings. The van der Waals surface area contributed by atoms with Gasteiger partial charge in [-0.05, 0) is 31.2 Å². The minimum atomic E-state index is -0.992. The van der Waals surface area contributed by atoms with Crippen molar-refractivity contribution in [3.63, 3.8) is 0 Å². The molecule has 1 unspecified atom stereocenters. The van der Waals surface area contributed by atoms with E-state index in [0.717, 1.165) is 6.07 Å². The molecule has 2 aromatic rings. The van der Waals surface area contributed by atoms with Crippen molar-refractivity contribution in [3.05, 3.63) is 58.6 Å². The van der Waals surface area contributed by atoms with Crippen LogP contribution < -0.4 is 14.5 Å². The Labute approximate surface area is 171 Å². The number of nitro benzene ring substituents is 1. The molecule has 156 valence electrons. The molecule has 0 spiro atoms. The van der Waals surface area contributed by atoms with Gasteiger partial charge in [-0.3, -0.25) is 15.1 Å². The van der Waals surface area contributed by atoms with Crippen molar-refractivity contribution in [3.8, 4) is 11.5 Å². The molecular weight excluding hydrogens is 394 g/mol. The standard InChI is InChI=1S/C20H19N3O7/c1-3-29-19(24)15-12-17(22(21-15)13-7-5-4-6-8-13)20(25)30-18-10-9-14(28-2)11-16(18)23(26)27/h4-11,17H,3,12H2,1-2H3. The van der Waals surface area contributed by atoms with Crippen molar-refractivity contribution in [2.75, 3.05) is 18.7 Å². The number of anilines is 1. The maximum atomic E-state index is 12.9. The van der Waals surface area contributed by atoms with Gasteiger partial charge in [-0.15, -0.1) is 0 Å². The Bertz CT molecular complexity index is 991. The molecule has 0 aromatic heterocycles. The molecular formula is C20H19N3O7. The normalized spacial score (nSPS) is 15.3. The van der Waals surface area contributed by atoms with Gasteiger partial charge in [-0.25, -0.2) is 9.59 Å². The van der Waals surface area contributed by atoms with Crippen molar-refractivity contribution >= 4 is 29.0 Å². The van der Waals surface area contributed by atoms with E-state index in [9.17, 15) is 19.7 Å². The Hall–Kier alpha value is -3.95. The van der Waals surface area contributed by atoms with Crippen molar-refractivity contribution in [2.24, 2.45) is 5.10 Å². The van der Waals surface area contributed by atoms with Crippen LogP contribution in [0.4, 0.5) is 11.4 Å². The number of nitro groups is 1. The summed E-state index contributed by atoms with van der Waals surface area (Å²) in [6.45, 7) is 1.83. The lowest BCUT2D eigenvalue weighted by molar-refractivity contribution is -0.385. The second-order valence-electron chi connectivity index (χ2n) is 6.18. The Morgan fingerprint density at radius 3 is 2.60 bits per heavy atom. The smallest absolute Gasteiger partial charge is 0.354 e. The summed E-state index contributed by atoms with van der Waals surface area (Å²) in [6.07, 6.45) is -0.0590. The van der Waals surface area contributed by atoms with E-state index in [0.29, 0.717) is 5.69 Å². The average molecular weight is 413 g/mol. The molecule has 0 fully saturated rings. The van der Waals surface area contributed by atoms with Gasteiger partial charge < -0.3 is 14.2 Å². The number of benzene rings is 2. The minimum Gasteiger partial charge on any atom is -0.496 e. The number of esters is 2. The summed E-state index contributed by atoms with van der Waals surface area (Å²) in [7, 11) is 1.37. The molecule has 0 saturated carbocycles. The number of carbonyl (C=O) groups excluding carboxylic acids is 2. The number of hydrogen-bond acceptors (Lipinski definition) is 9. The van der Waals surface area contributed by atoms with Gasteiger partial charge in [0.1, 0.15) is 11.5 Å². The summed E-state index contributed by atoms with van der Waals surface area (Å²) in [5.74, 6) is -1.41. The third kappa shape index (κ3) is 4.37. The number of hydrazone groups is 1. The number of para-hydroxylation sites is 1. The van der Waals surface area contributed by atoms with E-state index < -0.39 is 28.6 Å². The van der Waals surface area contributed by atoms with Crippen molar-refractivity contribution in [2.45, 2.75) is 19.4 Å². The molecule has 1 heterocycles. The van der Waals surface area contributed by atoms with Crippen LogP contribution in [-0.2, 0) is 14.3 Å². The first-order chi connectivity index (χ1) is 14.4. The number of hydrogen-bond donors (Lipinski definition) is 0. The molecule has 0 aliphatic carbocycles. The maximum absolute atomic E-state index is 12.9. The molecule has 10 nitrogen and oxygen atoms in total. The molecule has 0 amide bonds. The number of methoxy groups -OCH3 is 1. The van der Waals surface area contributed by atoms with Gasteiger partial charge >= 0.3 is 17.6 Å². The van der Waals surface area contributed by atoms with E-state index in [1.165, 1.54) is 24.3 Å². The molecule has 1 atom stereocenters. The Kier molecular flexibility index (Phi) is 6.26. The van der Waals surface area contributed by atoms with Gasteiger partial charge in [-0.1, -0.05) is 18.2 Å². The summed E-state index contributed by atoms with van der Waals surface area (Å²) in [4.78, 5) is 35.7. The largest absolute Gasteiger partial charge is 0.496 e. The van der Waals surface area contributed by atoms with E-state index in [-0.39, 0.29) is 30.2 Å². The average Bonchev–Trinajstić information content (AvgIpc) is 3.20. The predicted octanol–water partition coefficient (Wildman–Crippen LogP) is 2.71. The maximum Gasteiger partial charge on any atom is 0.354 e. The van der Waals surface area contributed by atoms with Gasteiger partial charge in [0.2, 0.25) is 5.75 Å². The lowest BCUT2D eigenvalue weighted by Gasteiger charge is -2.21. The van der Waals surface area contributed by atoms with Crippen LogP contribution in [0.2, 0.25) is 0 Å². The van der Waals surface area contributed by atoms with Gasteiger partial charge in [0, 0.05) is 6.42 Å². The van der Waals surface area contributed by atoms with Crippen LogP contribution in [0.25, 0.3) is 0 Å². The van der Waals surface area contributed by atoms with E-state index in [4.69, 9.17) is 14.2 Å². The summed E-state index contributed by atoms with van der Waals surface area (Å²) >= 11 is 0. The van der Waals surface area contributed by atoms with Gasteiger partial charge in [0.15, 0.2) is 6.04 Å². The van der Waals surface area contributed by atoms with Crippen molar-refractivity contribution < 1.29 is 28.7 Å². The third-order valence-electron chi connectivity index (χ3n) is 4.29. The number of carbonyl (C=O) groups is 2. The summed E-state index contributed by atoms with van der Waals surface area (Å²) in [6, 6.07) is 11.6. The van der Waals surface area contributed by atoms with Crippen LogP contribution >= 0.6 is 0 Å². The minimum absolute atomic E-state index is 0.0590. The summed E-state index contributed by atoms with van der Waals surface area (Å²) in [5, 5.41) is 16.9. The summed E-state index contributed by atoms with van der Waals surface area (Å²) in [5.41, 5.74) is 0.202. The van der Waals surface area contributed by atoms with Crippen molar-refractivity contribution in [1.29, 1.82) is 0 Å². The van der Waals surface area contributed by atoms with Crippen LogP contribution in [0.1, 0.15) is 13.3 Å². The Morgan fingerprint density at radius 1 is 1.23 bits per heavy atom. The van der Waals surface area contributed by atoms with Gasteiger partial charge in [-0.2, -0.15) is 5.10 Å². The lowest BCUT2D eigenvalue weighted by atomic mass is 10.1. The molecule has 10 heteroatoms. The van der Waals surface area contributed by atoms with E-state index >= 15 is 0 Å². The molecule has 0 radical (unpaired) electrons. The lowest BCUT2D eigenvalue weighted by Crippen LogP contribution is -2.37. The fourth-order valence-electron chi connectivity index (χ4n) is 2.88. The van der Waals surface area contributed by atoms with Crippen LogP contribution in [0.15, 0.2) is 53.6 Å². The predicted molar refractivity (Wildman–Crippen MR) is 107 cm³/mol. The zero-order valence-electron chi connectivity index (χ0n) is 16.3. The number of nitrogens with zero attached hydrogens (tertiary/aromatic N) is 3. The highest BCUT2D eigenvalue weighted by atomic mass is 16.6. The zero-order valence-corrected chi connectivity index (χ0v) is 16.3. The van der Waals surface area contributed by atoms with Crippen LogP contribution in [0.3, 0.4) is 0 Å². The van der Waals surface area contributed by atoms with Crippen LogP contribution in [0, 0.1) is 10.1 Å². The van der Waals surface area contributed by atoms with Gasteiger partial charge in [0.05, 0.1) is 30.4 Å². The molecule has 30 heavy (non-hydrogen) atoms. The van der Waals surface area contributed by atoms with E-state index in [1.54, 1.807) is 37.3 Å².